The van der Waals surface area contributed by atoms with Crippen molar-refractivity contribution in [3.8, 4) is 0 Å². The molecule has 3 aromatic rings. The number of fused-ring (bicyclic) bond motifs is 2. The quantitative estimate of drug-likeness (QED) is 0.644. The van der Waals surface area contributed by atoms with Crippen LogP contribution in [0.4, 0.5) is 0 Å². The van der Waals surface area contributed by atoms with Crippen LogP contribution >= 0.6 is 22.9 Å². The molecule has 0 radical (unpaired) electrons. The van der Waals surface area contributed by atoms with E-state index >= 15 is 0 Å². The van der Waals surface area contributed by atoms with Crippen LogP contribution in [0.15, 0.2) is 41.9 Å². The number of imidazole rings is 1. The Balaban J connectivity index is 1.60. The van der Waals surface area contributed by atoms with Crippen LogP contribution in [0, 0.1) is 0 Å². The van der Waals surface area contributed by atoms with Crippen molar-refractivity contribution in [2.75, 3.05) is 6.54 Å². The number of amides is 1. The van der Waals surface area contributed by atoms with Gasteiger partial charge in [0, 0.05) is 23.7 Å². The summed E-state index contributed by atoms with van der Waals surface area (Å²) >= 11 is 7.98. The first-order valence-corrected chi connectivity index (χ1v) is 9.08. The third-order valence-electron chi connectivity index (χ3n) is 4.47. The average Bonchev–Trinajstić information content (AvgIpc) is 3.17. The summed E-state index contributed by atoms with van der Waals surface area (Å²) in [6.45, 7) is 2.83. The van der Waals surface area contributed by atoms with Crippen molar-refractivity contribution in [1.29, 1.82) is 0 Å². The number of hydrogen-bond acceptors (Lipinski definition) is 3. The SMILES string of the molecule is C[C@@H]1c2ccsc2CCN1C(=O)/C=C/c1c(Cl)nc2ccccn12. The van der Waals surface area contributed by atoms with Gasteiger partial charge in [-0.3, -0.25) is 9.20 Å². The minimum absolute atomic E-state index is 0.00120. The van der Waals surface area contributed by atoms with Gasteiger partial charge in [-0.05, 0) is 48.6 Å². The molecule has 1 aliphatic rings. The summed E-state index contributed by atoms with van der Waals surface area (Å²) < 4.78 is 1.88. The van der Waals surface area contributed by atoms with E-state index in [4.69, 9.17) is 11.6 Å². The van der Waals surface area contributed by atoms with Gasteiger partial charge < -0.3 is 4.90 Å². The lowest BCUT2D eigenvalue weighted by Crippen LogP contribution is -2.37. The largest absolute Gasteiger partial charge is 0.332 e. The molecule has 4 heterocycles. The number of pyridine rings is 1. The third-order valence-corrected chi connectivity index (χ3v) is 5.74. The molecule has 0 saturated heterocycles. The van der Waals surface area contributed by atoms with Gasteiger partial charge >= 0.3 is 0 Å². The zero-order valence-electron chi connectivity index (χ0n) is 13.1. The van der Waals surface area contributed by atoms with Crippen LogP contribution in [-0.4, -0.2) is 26.7 Å². The molecular formula is C18H16ClN3OS. The van der Waals surface area contributed by atoms with Crippen LogP contribution in [-0.2, 0) is 11.2 Å². The zero-order chi connectivity index (χ0) is 16.7. The maximum atomic E-state index is 12.7. The van der Waals surface area contributed by atoms with Crippen molar-refractivity contribution in [2.24, 2.45) is 0 Å². The number of carbonyl (C=O) groups is 1. The van der Waals surface area contributed by atoms with Gasteiger partial charge in [0.1, 0.15) is 5.65 Å². The van der Waals surface area contributed by atoms with E-state index in [1.807, 2.05) is 33.7 Å². The Labute approximate surface area is 149 Å². The number of nitrogens with zero attached hydrogens (tertiary/aromatic N) is 3. The lowest BCUT2D eigenvalue weighted by atomic mass is 10.0. The Hall–Kier alpha value is -2.11. The molecule has 0 aliphatic carbocycles. The number of aromatic nitrogens is 2. The van der Waals surface area contributed by atoms with Gasteiger partial charge in [-0.2, -0.15) is 0 Å². The van der Waals surface area contributed by atoms with Crippen molar-refractivity contribution in [2.45, 2.75) is 19.4 Å². The summed E-state index contributed by atoms with van der Waals surface area (Å²) in [6, 6.07) is 7.93. The van der Waals surface area contributed by atoms with Crippen molar-refractivity contribution in [3.63, 3.8) is 0 Å². The molecule has 6 heteroatoms. The smallest absolute Gasteiger partial charge is 0.247 e. The molecule has 1 amide bonds. The van der Waals surface area contributed by atoms with Crippen molar-refractivity contribution < 1.29 is 4.79 Å². The topological polar surface area (TPSA) is 37.6 Å². The molecule has 122 valence electrons. The van der Waals surface area contributed by atoms with Gasteiger partial charge in [-0.1, -0.05) is 17.7 Å². The summed E-state index contributed by atoms with van der Waals surface area (Å²) in [6.07, 6.45) is 6.16. The maximum absolute atomic E-state index is 12.7. The first-order chi connectivity index (χ1) is 11.6. The third kappa shape index (κ3) is 2.54. The molecule has 1 atom stereocenters. The van der Waals surface area contributed by atoms with Crippen molar-refractivity contribution >= 4 is 40.6 Å². The second-order valence-electron chi connectivity index (χ2n) is 5.81. The van der Waals surface area contributed by atoms with Gasteiger partial charge in [0.05, 0.1) is 11.7 Å². The van der Waals surface area contributed by atoms with Gasteiger partial charge in [-0.15, -0.1) is 11.3 Å². The molecule has 0 spiro atoms. The Morgan fingerprint density at radius 3 is 3.17 bits per heavy atom. The molecule has 1 aliphatic heterocycles. The van der Waals surface area contributed by atoms with Crippen molar-refractivity contribution in [1.82, 2.24) is 14.3 Å². The van der Waals surface area contributed by atoms with E-state index in [9.17, 15) is 4.79 Å². The lowest BCUT2D eigenvalue weighted by molar-refractivity contribution is -0.128. The normalized spacial score (nSPS) is 17.6. The summed E-state index contributed by atoms with van der Waals surface area (Å²) in [7, 11) is 0. The van der Waals surface area contributed by atoms with E-state index in [2.05, 4.69) is 23.4 Å². The van der Waals surface area contributed by atoms with E-state index < -0.39 is 0 Å². The highest BCUT2D eigenvalue weighted by molar-refractivity contribution is 7.10. The number of thiophene rings is 1. The number of hydrogen-bond donors (Lipinski definition) is 0. The molecular weight excluding hydrogens is 342 g/mol. The van der Waals surface area contributed by atoms with E-state index in [0.29, 0.717) is 5.15 Å². The molecule has 0 N–H and O–H groups in total. The summed E-state index contributed by atoms with van der Waals surface area (Å²) in [4.78, 5) is 20.2. The lowest BCUT2D eigenvalue weighted by Gasteiger charge is -2.32. The van der Waals surface area contributed by atoms with Gasteiger partial charge in [0.25, 0.3) is 0 Å². The summed E-state index contributed by atoms with van der Waals surface area (Å²) in [5, 5.41) is 2.50. The fourth-order valence-electron chi connectivity index (χ4n) is 3.19. The Morgan fingerprint density at radius 2 is 2.29 bits per heavy atom. The molecule has 0 bridgehead atoms. The second kappa shape index (κ2) is 6.07. The van der Waals surface area contributed by atoms with Gasteiger partial charge in [-0.25, -0.2) is 4.98 Å². The van der Waals surface area contributed by atoms with E-state index in [-0.39, 0.29) is 11.9 Å². The molecule has 0 fully saturated rings. The standard InChI is InChI=1S/C18H16ClN3OS/c1-12-13-8-11-24-15(13)7-10-21(12)17(23)6-5-14-18(19)20-16-4-2-3-9-22(14)16/h2-6,8-9,11-12H,7,10H2,1H3/b6-5+/t12-/m1/s1. The average molecular weight is 358 g/mol. The minimum Gasteiger partial charge on any atom is -0.332 e. The highest BCUT2D eigenvalue weighted by Gasteiger charge is 2.27. The highest BCUT2D eigenvalue weighted by Crippen LogP contribution is 2.33. The summed E-state index contributed by atoms with van der Waals surface area (Å²) in [5.41, 5.74) is 2.76. The van der Waals surface area contributed by atoms with Crippen LogP contribution in [0.2, 0.25) is 5.15 Å². The number of halogens is 1. The highest BCUT2D eigenvalue weighted by atomic mass is 35.5. The molecule has 4 rings (SSSR count). The van der Waals surface area contributed by atoms with E-state index in [1.165, 1.54) is 10.4 Å². The minimum atomic E-state index is 0.00120. The first kappa shape index (κ1) is 15.4. The predicted octanol–water partition coefficient (Wildman–Crippen LogP) is 4.21. The van der Waals surface area contributed by atoms with Crippen LogP contribution in [0.5, 0.6) is 0 Å². The molecule has 3 aromatic heterocycles. The van der Waals surface area contributed by atoms with Crippen LogP contribution in [0.1, 0.15) is 29.1 Å². The van der Waals surface area contributed by atoms with Crippen LogP contribution in [0.25, 0.3) is 11.7 Å². The monoisotopic (exact) mass is 357 g/mol. The number of carbonyl (C=O) groups excluding carboxylic acids is 1. The zero-order valence-corrected chi connectivity index (χ0v) is 14.7. The summed E-state index contributed by atoms with van der Waals surface area (Å²) in [5.74, 6) is 0.00120. The van der Waals surface area contributed by atoms with Gasteiger partial charge in [0.15, 0.2) is 5.15 Å². The molecule has 0 saturated carbocycles. The van der Waals surface area contributed by atoms with Crippen molar-refractivity contribution in [3.05, 3.63) is 63.2 Å². The van der Waals surface area contributed by atoms with Gasteiger partial charge in [0.2, 0.25) is 5.91 Å². The molecule has 0 aromatic carbocycles. The number of rotatable bonds is 2. The second-order valence-corrected chi connectivity index (χ2v) is 7.17. The van der Waals surface area contributed by atoms with Crippen LogP contribution in [0.3, 0.4) is 0 Å². The molecule has 24 heavy (non-hydrogen) atoms. The van der Waals surface area contributed by atoms with E-state index in [1.54, 1.807) is 23.5 Å². The molecule has 0 unspecified atom stereocenters. The Morgan fingerprint density at radius 1 is 1.42 bits per heavy atom. The molecule has 4 nitrogen and oxygen atoms in total. The first-order valence-electron chi connectivity index (χ1n) is 7.82. The fourth-order valence-corrected chi connectivity index (χ4v) is 4.40. The predicted molar refractivity (Wildman–Crippen MR) is 97.4 cm³/mol. The Kier molecular flexibility index (Phi) is 3.90. The fraction of sp³-hybridized carbons (Fsp3) is 0.222. The maximum Gasteiger partial charge on any atom is 0.247 e. The van der Waals surface area contributed by atoms with Crippen LogP contribution < -0.4 is 0 Å². The Bertz CT molecular complexity index is 943. The van der Waals surface area contributed by atoms with E-state index in [0.717, 1.165) is 24.3 Å².